The van der Waals surface area contributed by atoms with Crippen LogP contribution in [0.25, 0.3) is 0 Å². The molecule has 4 heteroatoms. The minimum atomic E-state index is 0.124. The molecule has 0 aliphatic carbocycles. The SMILES string of the molecule is CC.CC(=O)c1cnn2c1CSCC2. The van der Waals surface area contributed by atoms with Crippen LogP contribution in [0.5, 0.6) is 0 Å². The molecular formula is C10H16N2OS. The monoisotopic (exact) mass is 212 g/mol. The minimum absolute atomic E-state index is 0.124. The predicted octanol–water partition coefficient (Wildman–Crippen LogP) is 2.36. The first-order valence-corrected chi connectivity index (χ1v) is 6.08. The summed E-state index contributed by atoms with van der Waals surface area (Å²) in [6.45, 7) is 6.53. The molecule has 0 radical (unpaired) electrons. The van der Waals surface area contributed by atoms with Gasteiger partial charge in [-0.25, -0.2) is 0 Å². The summed E-state index contributed by atoms with van der Waals surface area (Å²) in [5.74, 6) is 2.15. The van der Waals surface area contributed by atoms with E-state index in [1.165, 1.54) is 0 Å². The lowest BCUT2D eigenvalue weighted by molar-refractivity contribution is 0.101. The van der Waals surface area contributed by atoms with Gasteiger partial charge in [-0.3, -0.25) is 9.48 Å². The van der Waals surface area contributed by atoms with Gasteiger partial charge < -0.3 is 0 Å². The van der Waals surface area contributed by atoms with Crippen LogP contribution in [0.2, 0.25) is 0 Å². The molecule has 1 aliphatic heterocycles. The maximum Gasteiger partial charge on any atom is 0.163 e. The molecule has 1 aromatic rings. The van der Waals surface area contributed by atoms with E-state index in [-0.39, 0.29) is 5.78 Å². The average molecular weight is 212 g/mol. The zero-order valence-electron chi connectivity index (χ0n) is 8.91. The van der Waals surface area contributed by atoms with Gasteiger partial charge in [0, 0.05) is 11.5 Å². The van der Waals surface area contributed by atoms with Crippen LogP contribution in [0, 0.1) is 0 Å². The van der Waals surface area contributed by atoms with E-state index in [1.54, 1.807) is 13.1 Å². The number of hydrogen-bond donors (Lipinski definition) is 0. The third-order valence-corrected chi connectivity index (χ3v) is 2.96. The van der Waals surface area contributed by atoms with Crippen LogP contribution in [0.3, 0.4) is 0 Å². The molecule has 0 fully saturated rings. The summed E-state index contributed by atoms with van der Waals surface area (Å²) >= 11 is 1.86. The Morgan fingerprint density at radius 1 is 1.57 bits per heavy atom. The van der Waals surface area contributed by atoms with Crippen molar-refractivity contribution >= 4 is 17.5 Å². The van der Waals surface area contributed by atoms with Crippen molar-refractivity contribution < 1.29 is 4.79 Å². The molecule has 0 bridgehead atoms. The van der Waals surface area contributed by atoms with Crippen molar-refractivity contribution in [2.24, 2.45) is 0 Å². The molecule has 0 atom stereocenters. The van der Waals surface area contributed by atoms with Crippen LogP contribution in [-0.2, 0) is 12.3 Å². The van der Waals surface area contributed by atoms with Crippen LogP contribution in [0.15, 0.2) is 6.20 Å². The highest BCUT2D eigenvalue weighted by Gasteiger charge is 2.16. The maximum atomic E-state index is 11.1. The molecule has 0 N–H and O–H groups in total. The summed E-state index contributed by atoms with van der Waals surface area (Å²) in [6, 6.07) is 0. The van der Waals surface area contributed by atoms with Crippen molar-refractivity contribution in [3.63, 3.8) is 0 Å². The number of hydrogen-bond acceptors (Lipinski definition) is 3. The number of fused-ring (bicyclic) bond motifs is 1. The zero-order valence-corrected chi connectivity index (χ0v) is 9.73. The first kappa shape index (κ1) is 11.3. The lowest BCUT2D eigenvalue weighted by Gasteiger charge is -2.13. The molecular weight excluding hydrogens is 196 g/mol. The maximum absolute atomic E-state index is 11.1. The second-order valence-corrected chi connectivity index (χ2v) is 3.94. The Kier molecular flexibility index (Phi) is 4.20. The van der Waals surface area contributed by atoms with Gasteiger partial charge in [0.2, 0.25) is 0 Å². The third kappa shape index (κ3) is 2.18. The molecule has 3 nitrogen and oxygen atoms in total. The van der Waals surface area contributed by atoms with Gasteiger partial charge in [0.25, 0.3) is 0 Å². The van der Waals surface area contributed by atoms with Gasteiger partial charge in [-0.05, 0) is 6.92 Å². The molecule has 0 unspecified atom stereocenters. The molecule has 14 heavy (non-hydrogen) atoms. The van der Waals surface area contributed by atoms with E-state index < -0.39 is 0 Å². The van der Waals surface area contributed by atoms with Crippen molar-refractivity contribution in [2.75, 3.05) is 5.75 Å². The molecule has 0 amide bonds. The van der Waals surface area contributed by atoms with Crippen LogP contribution < -0.4 is 0 Å². The Bertz CT molecular complexity index is 320. The number of Topliss-reactive ketones (excluding diaryl/α,β-unsaturated/α-hetero) is 1. The van der Waals surface area contributed by atoms with Crippen molar-refractivity contribution in [3.05, 3.63) is 17.5 Å². The second kappa shape index (κ2) is 5.20. The Morgan fingerprint density at radius 2 is 2.29 bits per heavy atom. The van der Waals surface area contributed by atoms with E-state index in [9.17, 15) is 4.79 Å². The number of nitrogens with zero attached hydrogens (tertiary/aromatic N) is 2. The Balaban J connectivity index is 0.000000461. The summed E-state index contributed by atoms with van der Waals surface area (Å²) in [5, 5.41) is 4.16. The minimum Gasteiger partial charge on any atom is -0.294 e. The summed E-state index contributed by atoms with van der Waals surface area (Å²) in [7, 11) is 0. The van der Waals surface area contributed by atoms with Crippen LogP contribution in [-0.4, -0.2) is 21.3 Å². The van der Waals surface area contributed by atoms with Crippen molar-refractivity contribution in [1.29, 1.82) is 0 Å². The average Bonchev–Trinajstić information content (AvgIpc) is 2.64. The van der Waals surface area contributed by atoms with E-state index in [0.29, 0.717) is 0 Å². The standard InChI is InChI=1S/C8H10N2OS.C2H6/c1-6(11)7-4-9-10-2-3-12-5-8(7)10;1-2/h4H,2-3,5H2,1H3;1-2H3. The number of carbonyl (C=O) groups is 1. The molecule has 2 heterocycles. The molecule has 1 aliphatic rings. The number of thioether (sulfide) groups is 1. The van der Waals surface area contributed by atoms with Gasteiger partial charge in [0.1, 0.15) is 0 Å². The van der Waals surface area contributed by atoms with Crippen molar-refractivity contribution in [3.8, 4) is 0 Å². The van der Waals surface area contributed by atoms with Gasteiger partial charge in [0.15, 0.2) is 5.78 Å². The van der Waals surface area contributed by atoms with E-state index in [1.807, 2.05) is 30.3 Å². The van der Waals surface area contributed by atoms with Crippen LogP contribution in [0.4, 0.5) is 0 Å². The summed E-state index contributed by atoms with van der Waals surface area (Å²) < 4.78 is 1.94. The number of aryl methyl sites for hydroxylation is 1. The summed E-state index contributed by atoms with van der Waals surface area (Å²) in [6.07, 6.45) is 1.68. The zero-order chi connectivity index (χ0) is 10.6. The van der Waals surface area contributed by atoms with Crippen LogP contribution >= 0.6 is 11.8 Å². The lowest BCUT2D eigenvalue weighted by Crippen LogP contribution is -2.13. The number of aromatic nitrogens is 2. The molecule has 1 aromatic heterocycles. The van der Waals surface area contributed by atoms with Gasteiger partial charge in [0.05, 0.1) is 24.0 Å². The second-order valence-electron chi connectivity index (χ2n) is 2.84. The lowest BCUT2D eigenvalue weighted by atomic mass is 10.2. The van der Waals surface area contributed by atoms with E-state index in [2.05, 4.69) is 5.10 Å². The fraction of sp³-hybridized carbons (Fsp3) is 0.600. The highest BCUT2D eigenvalue weighted by atomic mass is 32.2. The largest absolute Gasteiger partial charge is 0.294 e. The third-order valence-electron chi connectivity index (χ3n) is 2.01. The van der Waals surface area contributed by atoms with Crippen molar-refractivity contribution in [2.45, 2.75) is 33.1 Å². The molecule has 78 valence electrons. The summed E-state index contributed by atoms with van der Waals surface area (Å²) in [5.41, 5.74) is 1.89. The Hall–Kier alpha value is -0.770. The fourth-order valence-electron chi connectivity index (χ4n) is 1.37. The van der Waals surface area contributed by atoms with E-state index in [0.717, 1.165) is 29.3 Å². The highest BCUT2D eigenvalue weighted by Crippen LogP contribution is 2.21. The quantitative estimate of drug-likeness (QED) is 0.670. The molecule has 0 saturated heterocycles. The van der Waals surface area contributed by atoms with Gasteiger partial charge in [-0.15, -0.1) is 0 Å². The van der Waals surface area contributed by atoms with Crippen molar-refractivity contribution in [1.82, 2.24) is 9.78 Å². The normalized spacial score (nSPS) is 13.9. The van der Waals surface area contributed by atoms with Gasteiger partial charge in [-0.2, -0.15) is 16.9 Å². The highest BCUT2D eigenvalue weighted by molar-refractivity contribution is 7.98. The van der Waals surface area contributed by atoms with Gasteiger partial charge >= 0.3 is 0 Å². The van der Waals surface area contributed by atoms with E-state index in [4.69, 9.17) is 0 Å². The number of rotatable bonds is 1. The molecule has 0 aromatic carbocycles. The topological polar surface area (TPSA) is 34.9 Å². The Labute approximate surface area is 88.9 Å². The van der Waals surface area contributed by atoms with E-state index >= 15 is 0 Å². The fourth-order valence-corrected chi connectivity index (χ4v) is 2.31. The first-order valence-electron chi connectivity index (χ1n) is 4.92. The number of carbonyl (C=O) groups excluding carboxylic acids is 1. The summed E-state index contributed by atoms with van der Waals surface area (Å²) in [4.78, 5) is 11.1. The Morgan fingerprint density at radius 3 is 2.93 bits per heavy atom. The molecule has 0 saturated carbocycles. The first-order chi connectivity index (χ1) is 6.79. The van der Waals surface area contributed by atoms with Gasteiger partial charge in [-0.1, -0.05) is 13.8 Å². The number of ketones is 1. The smallest absolute Gasteiger partial charge is 0.163 e. The molecule has 0 spiro atoms. The molecule has 2 rings (SSSR count). The van der Waals surface area contributed by atoms with Crippen LogP contribution in [0.1, 0.15) is 36.8 Å². The predicted molar refractivity (Wildman–Crippen MR) is 59.7 cm³/mol.